The van der Waals surface area contributed by atoms with Crippen LogP contribution >= 0.6 is 0 Å². The largest absolute Gasteiger partial charge is 1.00 e. The Morgan fingerprint density at radius 2 is 0.870 bits per heavy atom. The van der Waals surface area contributed by atoms with E-state index in [0.29, 0.717) is 50.0 Å². The summed E-state index contributed by atoms with van der Waals surface area (Å²) in [4.78, 5) is -3.47. The average Bonchev–Trinajstić information content (AvgIpc) is 3.26. The Bertz CT molecular complexity index is 3790. The van der Waals surface area contributed by atoms with Crippen LogP contribution in [0.1, 0.15) is 11.1 Å². The van der Waals surface area contributed by atoms with Crippen LogP contribution in [0.25, 0.3) is 33.7 Å². The van der Waals surface area contributed by atoms with Gasteiger partial charge in [-0.05, 0) is 82.6 Å². The topological polar surface area (TPSA) is 492 Å². The zero-order valence-electron chi connectivity index (χ0n) is 41.2. The minimum atomic E-state index is -5.55. The van der Waals surface area contributed by atoms with Gasteiger partial charge in [0.15, 0.2) is 11.5 Å². The average molecular weight is 1290 g/mol. The van der Waals surface area contributed by atoms with Gasteiger partial charge >= 0.3 is 257 Å². The first-order valence-electron chi connectivity index (χ1n) is 19.7. The molecule has 0 spiro atoms. The van der Waals surface area contributed by atoms with Crippen molar-refractivity contribution in [3.63, 3.8) is 0 Å². The number of phenolic OH excluding ortho intramolecular Hbond substituents is 2. The van der Waals surface area contributed by atoms with Crippen LogP contribution in [0.2, 0.25) is 0 Å². The van der Waals surface area contributed by atoms with E-state index in [1.54, 1.807) is 4.90 Å². The van der Waals surface area contributed by atoms with Crippen LogP contribution in [-0.2, 0) is 50.6 Å². The summed E-state index contributed by atoms with van der Waals surface area (Å²) in [5.74, 6) is -1.95. The molecule has 0 saturated carbocycles. The number of azo groups is 2. The molecule has 0 aromatic heterocycles. The molecule has 0 radical (unpaired) electrons. The Labute approximate surface area is 653 Å². The number of nitrogen functional groups attached to an aromatic ring is 2. The van der Waals surface area contributed by atoms with Crippen LogP contribution < -0.4 is 268 Å². The van der Waals surface area contributed by atoms with Crippen molar-refractivity contribution in [3.05, 3.63) is 90.0 Å². The molecule has 0 unspecified atom stereocenters. The summed E-state index contributed by atoms with van der Waals surface area (Å²) in [5, 5.41) is 60.7. The maximum Gasteiger partial charge on any atom is 1.00 e. The van der Waals surface area contributed by atoms with E-state index in [-0.39, 0.29) is 293 Å². The summed E-state index contributed by atoms with van der Waals surface area (Å²) < 4.78 is 181. The van der Waals surface area contributed by atoms with Gasteiger partial charge in [-0.15, -0.1) is 10.2 Å². The maximum atomic E-state index is 12.3. The Balaban J connectivity index is 0.00000350. The normalized spacial score (nSPS) is 12.1. The van der Waals surface area contributed by atoms with Crippen molar-refractivity contribution in [2.45, 2.75) is 24.5 Å². The summed E-state index contributed by atoms with van der Waals surface area (Å²) in [6.07, 6.45) is 1.78. The molecule has 0 saturated heterocycles. The Morgan fingerprint density at radius 1 is 0.468 bits per heavy atom. The van der Waals surface area contributed by atoms with Crippen molar-refractivity contribution in [3.8, 4) is 11.5 Å². The zero-order chi connectivity index (χ0) is 53.7. The van der Waals surface area contributed by atoms with Crippen molar-refractivity contribution >= 4 is 118 Å². The molecule has 6 aromatic rings. The molecule has 0 atom stereocenters. The fourth-order valence-electron chi connectivity index (χ4n) is 6.60. The van der Waals surface area contributed by atoms with Gasteiger partial charge in [0.05, 0.1) is 55.7 Å². The van der Waals surface area contributed by atoms with Gasteiger partial charge in [-0.25, -0.2) is 42.1 Å². The predicted octanol–water partition coefficient (Wildman–Crippen LogP) is -12.6. The van der Waals surface area contributed by atoms with Gasteiger partial charge in [0.1, 0.15) is 62.0 Å². The van der Waals surface area contributed by atoms with Gasteiger partial charge in [0.25, 0.3) is 0 Å². The second-order valence-corrected chi connectivity index (χ2v) is 21.5. The summed E-state index contributed by atoms with van der Waals surface area (Å²) in [7, 11) is -26.8. The number of anilines is 2. The maximum absolute atomic E-state index is 12.3. The molecule has 27 nitrogen and oxygen atoms in total. The number of hydrogen-bond acceptors (Lipinski definition) is 27. The van der Waals surface area contributed by atoms with E-state index in [1.165, 1.54) is 18.2 Å². The van der Waals surface area contributed by atoms with E-state index in [1.807, 2.05) is 0 Å². The number of aliphatic hydroxyl groups excluding tert-OH is 3. The standard InChI is InChI=1S/C34H26N6O17S5.C6H15NO3.5K/c35-20-6-3-18-10-28(61(52,53)54)31(33(41)24(18)12-20)39-37-21-7-4-16(26(13-21)59(46,47)48)1-2-17-5-8-22(14-27(17)60(49,50)51)38-40-32-29(62(55,56)57)11-19-9-23(58(43,44)45)15-25(36)30(19)34(32)42;8-4-1-7(2-5-9)3-6-10;;;;;/h1-15,41-42H,35-36H2,(H,43,44,45)(H,46,47,48)(H,49,50,51)(H,52,53,54)(H,55,56,57);8-10H,1-6H2;;;;;/q;;5*+1/p-5/b2-1+,39-37?,40-38?;;;;;;. The predicted molar refractivity (Wildman–Crippen MR) is 248 cm³/mol. The van der Waals surface area contributed by atoms with Gasteiger partial charge in [0.2, 0.25) is 0 Å². The van der Waals surface area contributed by atoms with Crippen LogP contribution in [0.15, 0.2) is 124 Å². The summed E-state index contributed by atoms with van der Waals surface area (Å²) >= 11 is 0. The minimum Gasteiger partial charge on any atom is -0.744 e. The zero-order valence-corrected chi connectivity index (χ0v) is 60.9. The number of rotatable bonds is 17. The smallest absolute Gasteiger partial charge is 0.744 e. The number of hydrogen-bond donors (Lipinski definition) is 7. The fraction of sp³-hybridized carbons (Fsp3) is 0.150. The second-order valence-electron chi connectivity index (χ2n) is 14.7. The number of nitrogens with zero attached hydrogens (tertiary/aromatic N) is 5. The SMILES string of the molecule is Nc1ccc2cc(S(=O)(=O)[O-])c(N=Nc3ccc(/C=C/c4ccc(N=Nc5c(S(=O)(=O)[O-])cc6cc(S(=O)(=O)[O-])cc(N)c6c5O)cc4S(=O)(=O)[O-])c(S(=O)(=O)[O-])c3)c(O)c2c1.OCCN(CCO)CCO.[K+].[K+].[K+].[K+].[K+]. The molecule has 0 aliphatic carbocycles. The first-order valence-corrected chi connectivity index (χ1v) is 26.7. The van der Waals surface area contributed by atoms with E-state index >= 15 is 0 Å². The van der Waals surface area contributed by atoms with E-state index in [0.717, 1.165) is 42.5 Å². The molecule has 37 heteroatoms. The molecule has 6 aromatic carbocycles. The van der Waals surface area contributed by atoms with E-state index < -0.39 is 137 Å². The summed E-state index contributed by atoms with van der Waals surface area (Å²) in [5.41, 5.74) is 7.41. The van der Waals surface area contributed by atoms with Crippen molar-refractivity contribution < 1.29 is 347 Å². The number of aromatic hydroxyl groups is 2. The van der Waals surface area contributed by atoms with Gasteiger partial charge in [-0.1, -0.05) is 30.4 Å². The molecule has 9 N–H and O–H groups in total. The Morgan fingerprint density at radius 3 is 1.26 bits per heavy atom. The quantitative estimate of drug-likeness (QED) is 0.0147. The molecule has 77 heavy (non-hydrogen) atoms. The number of nitrogens with two attached hydrogens (primary N) is 2. The van der Waals surface area contributed by atoms with Crippen LogP contribution in [0.4, 0.5) is 34.1 Å². The molecular weight excluding hydrogens is 1250 g/mol. The van der Waals surface area contributed by atoms with Gasteiger partial charge in [-0.2, -0.15) is 10.2 Å². The van der Waals surface area contributed by atoms with Gasteiger partial charge in [-0.3, -0.25) is 4.90 Å². The Kier molecular flexibility index (Phi) is 34.1. The van der Waals surface area contributed by atoms with Gasteiger partial charge in [0, 0.05) is 41.8 Å². The third-order valence-electron chi connectivity index (χ3n) is 9.81. The Hall–Kier alpha value is 1.55. The molecule has 0 bridgehead atoms. The van der Waals surface area contributed by atoms with Crippen molar-refractivity contribution in [1.29, 1.82) is 0 Å². The monoisotopic (exact) mass is 1290 g/mol. The number of aliphatic hydroxyl groups is 3. The molecular formula is C40H36K5N7O20S5. The first-order chi connectivity index (χ1) is 33.4. The number of benzene rings is 6. The van der Waals surface area contributed by atoms with E-state index in [9.17, 15) is 75.1 Å². The van der Waals surface area contributed by atoms with Crippen molar-refractivity contribution in [2.75, 3.05) is 50.9 Å². The van der Waals surface area contributed by atoms with E-state index in [4.69, 9.17) is 26.8 Å². The number of phenols is 2. The molecule has 0 aliphatic rings. The van der Waals surface area contributed by atoms with Gasteiger partial charge < -0.3 is 59.8 Å². The molecule has 0 fully saturated rings. The van der Waals surface area contributed by atoms with Crippen molar-refractivity contribution in [2.24, 2.45) is 20.5 Å². The second kappa shape index (κ2) is 33.5. The summed E-state index contributed by atoms with van der Waals surface area (Å²) in [6.45, 7) is 1.75. The van der Waals surface area contributed by atoms with Crippen LogP contribution in [0.5, 0.6) is 11.5 Å². The number of fused-ring (bicyclic) bond motifs is 2. The minimum absolute atomic E-state index is 0. The third kappa shape index (κ3) is 21.8. The molecule has 0 heterocycles. The van der Waals surface area contributed by atoms with Crippen LogP contribution in [-0.4, -0.2) is 135 Å². The molecule has 0 amide bonds. The van der Waals surface area contributed by atoms with Crippen LogP contribution in [0, 0.1) is 0 Å². The molecule has 0 aliphatic heterocycles. The first kappa shape index (κ1) is 78.6. The fourth-order valence-corrected chi connectivity index (χ4v) is 9.82. The van der Waals surface area contributed by atoms with Crippen molar-refractivity contribution in [1.82, 2.24) is 4.90 Å². The third-order valence-corrected chi connectivity index (χ3v) is 14.1. The van der Waals surface area contributed by atoms with E-state index in [2.05, 4.69) is 20.5 Å². The summed E-state index contributed by atoms with van der Waals surface area (Å²) in [6, 6.07) is 11.9. The molecule has 6 rings (SSSR count). The van der Waals surface area contributed by atoms with Crippen LogP contribution in [0.3, 0.4) is 0 Å². The molecule has 386 valence electrons.